The summed E-state index contributed by atoms with van der Waals surface area (Å²) in [5.41, 5.74) is 1.11. The number of pyridine rings is 1. The number of aliphatic hydroxyl groups is 1. The largest absolute Gasteiger partial charge is 0.480 e. The van der Waals surface area contributed by atoms with E-state index in [9.17, 15) is 9.59 Å². The highest BCUT2D eigenvalue weighted by atomic mass is 16.4. The smallest absolute Gasteiger partial charge is 0.326 e. The summed E-state index contributed by atoms with van der Waals surface area (Å²) >= 11 is 0. The van der Waals surface area contributed by atoms with Crippen molar-refractivity contribution in [1.82, 2.24) is 10.3 Å². The van der Waals surface area contributed by atoms with Crippen molar-refractivity contribution in [1.29, 1.82) is 0 Å². The van der Waals surface area contributed by atoms with E-state index < -0.39 is 17.9 Å². The first-order valence-electron chi connectivity index (χ1n) is 6.11. The number of rotatable bonds is 5. The van der Waals surface area contributed by atoms with E-state index in [0.29, 0.717) is 5.56 Å². The molecule has 20 heavy (non-hydrogen) atoms. The van der Waals surface area contributed by atoms with E-state index in [-0.39, 0.29) is 13.0 Å². The van der Waals surface area contributed by atoms with Gasteiger partial charge in [-0.25, -0.2) is 4.79 Å². The highest BCUT2D eigenvalue weighted by molar-refractivity contribution is 5.99. The summed E-state index contributed by atoms with van der Waals surface area (Å²) in [7, 11) is 0. The monoisotopic (exact) mass is 274 g/mol. The fourth-order valence-corrected chi connectivity index (χ4v) is 1.84. The number of aliphatic hydroxyl groups excluding tert-OH is 1. The minimum atomic E-state index is -1.17. The van der Waals surface area contributed by atoms with Crippen molar-refractivity contribution >= 4 is 22.8 Å². The fourth-order valence-electron chi connectivity index (χ4n) is 1.84. The Hall–Kier alpha value is -2.47. The van der Waals surface area contributed by atoms with Crippen molar-refractivity contribution < 1.29 is 19.8 Å². The van der Waals surface area contributed by atoms with Crippen LogP contribution < -0.4 is 5.32 Å². The average Bonchev–Trinajstić information content (AvgIpc) is 2.46. The number of fused-ring (bicyclic) bond motifs is 1. The van der Waals surface area contributed by atoms with Crippen molar-refractivity contribution in [3.05, 3.63) is 42.1 Å². The third kappa shape index (κ3) is 3.10. The summed E-state index contributed by atoms with van der Waals surface area (Å²) in [6, 6.07) is 7.42. The van der Waals surface area contributed by atoms with Gasteiger partial charge in [-0.15, -0.1) is 0 Å². The van der Waals surface area contributed by atoms with Gasteiger partial charge in [0.15, 0.2) is 0 Å². The first-order valence-corrected chi connectivity index (χ1v) is 6.11. The van der Waals surface area contributed by atoms with Gasteiger partial charge in [0.2, 0.25) is 0 Å². The molecular weight excluding hydrogens is 260 g/mol. The lowest BCUT2D eigenvalue weighted by Gasteiger charge is -2.13. The molecule has 1 aromatic carbocycles. The number of hydrogen-bond acceptors (Lipinski definition) is 4. The summed E-state index contributed by atoms with van der Waals surface area (Å²) in [5.74, 6) is -1.66. The second-order valence-electron chi connectivity index (χ2n) is 4.29. The Kier molecular flexibility index (Phi) is 4.27. The number of hydrogen-bond donors (Lipinski definition) is 3. The molecule has 3 N–H and O–H groups in total. The Labute approximate surface area is 115 Å². The van der Waals surface area contributed by atoms with Gasteiger partial charge in [-0.05, 0) is 24.3 Å². The molecule has 0 aliphatic heterocycles. The normalized spacial score (nSPS) is 12.1. The molecule has 1 atom stereocenters. The van der Waals surface area contributed by atoms with Crippen molar-refractivity contribution in [3.63, 3.8) is 0 Å². The molecule has 0 fully saturated rings. The first kappa shape index (κ1) is 14.0. The zero-order chi connectivity index (χ0) is 14.5. The van der Waals surface area contributed by atoms with Crippen LogP contribution in [-0.4, -0.2) is 39.7 Å². The van der Waals surface area contributed by atoms with Gasteiger partial charge in [0.25, 0.3) is 5.91 Å². The highest BCUT2D eigenvalue weighted by Crippen LogP contribution is 2.13. The van der Waals surface area contributed by atoms with Gasteiger partial charge >= 0.3 is 5.97 Å². The minimum absolute atomic E-state index is 0.0315. The van der Waals surface area contributed by atoms with Crippen molar-refractivity contribution in [2.75, 3.05) is 6.61 Å². The van der Waals surface area contributed by atoms with E-state index in [4.69, 9.17) is 10.2 Å². The Morgan fingerprint density at radius 2 is 2.10 bits per heavy atom. The number of nitrogens with one attached hydrogen (secondary N) is 1. The fraction of sp³-hybridized carbons (Fsp3) is 0.214. The molecule has 2 aromatic rings. The molecule has 0 radical (unpaired) electrons. The molecule has 2 rings (SSSR count). The molecule has 0 bridgehead atoms. The van der Waals surface area contributed by atoms with Crippen LogP contribution in [0.15, 0.2) is 36.5 Å². The van der Waals surface area contributed by atoms with Crippen LogP contribution in [0.4, 0.5) is 0 Å². The van der Waals surface area contributed by atoms with Crippen LogP contribution in [0.1, 0.15) is 16.8 Å². The van der Waals surface area contributed by atoms with Crippen LogP contribution in [-0.2, 0) is 4.79 Å². The topological polar surface area (TPSA) is 99.5 Å². The van der Waals surface area contributed by atoms with Crippen LogP contribution in [0.3, 0.4) is 0 Å². The number of amides is 1. The molecule has 0 spiro atoms. The van der Waals surface area contributed by atoms with E-state index in [1.165, 1.54) is 0 Å². The maximum absolute atomic E-state index is 12.0. The molecule has 104 valence electrons. The SMILES string of the molecule is O=C(N[C@@H](CCO)C(=O)O)c1ccc2ncccc2c1. The molecule has 0 saturated carbocycles. The van der Waals surface area contributed by atoms with Gasteiger partial charge in [0.05, 0.1) is 5.52 Å². The van der Waals surface area contributed by atoms with Crippen molar-refractivity contribution in [2.24, 2.45) is 0 Å². The number of carbonyl (C=O) groups excluding carboxylic acids is 1. The van der Waals surface area contributed by atoms with Gasteiger partial charge < -0.3 is 15.5 Å². The molecule has 1 aromatic heterocycles. The molecule has 1 heterocycles. The van der Waals surface area contributed by atoms with Crippen LogP contribution in [0.2, 0.25) is 0 Å². The molecule has 1 amide bonds. The third-order valence-corrected chi connectivity index (χ3v) is 2.89. The molecule has 0 aliphatic rings. The lowest BCUT2D eigenvalue weighted by molar-refractivity contribution is -0.139. The third-order valence-electron chi connectivity index (χ3n) is 2.89. The number of benzene rings is 1. The second-order valence-corrected chi connectivity index (χ2v) is 4.29. The molecule has 6 heteroatoms. The molecular formula is C14H14N2O4. The molecule has 0 saturated heterocycles. The molecule has 0 aliphatic carbocycles. The van der Waals surface area contributed by atoms with Crippen LogP contribution in [0.25, 0.3) is 10.9 Å². The number of aliphatic carboxylic acids is 1. The van der Waals surface area contributed by atoms with Gasteiger partial charge in [-0.2, -0.15) is 0 Å². The zero-order valence-corrected chi connectivity index (χ0v) is 10.6. The lowest BCUT2D eigenvalue weighted by atomic mass is 10.1. The maximum atomic E-state index is 12.0. The predicted octanol–water partition coefficient (Wildman–Crippen LogP) is 0.800. The highest BCUT2D eigenvalue weighted by Gasteiger charge is 2.20. The second kappa shape index (κ2) is 6.12. The first-order chi connectivity index (χ1) is 9.61. The number of carboxylic acids is 1. The number of carbonyl (C=O) groups is 2. The number of aromatic nitrogens is 1. The van der Waals surface area contributed by atoms with Crippen LogP contribution >= 0.6 is 0 Å². The molecule has 6 nitrogen and oxygen atoms in total. The summed E-state index contributed by atoms with van der Waals surface area (Å²) in [5, 5.41) is 20.9. The summed E-state index contributed by atoms with van der Waals surface area (Å²) < 4.78 is 0. The lowest BCUT2D eigenvalue weighted by Crippen LogP contribution is -2.41. The summed E-state index contributed by atoms with van der Waals surface area (Å²) in [4.78, 5) is 27.1. The maximum Gasteiger partial charge on any atom is 0.326 e. The Bertz CT molecular complexity index is 642. The minimum Gasteiger partial charge on any atom is -0.480 e. The van der Waals surface area contributed by atoms with Crippen molar-refractivity contribution in [3.8, 4) is 0 Å². The van der Waals surface area contributed by atoms with E-state index in [0.717, 1.165) is 10.9 Å². The Balaban J connectivity index is 2.20. The van der Waals surface area contributed by atoms with Gasteiger partial charge in [-0.3, -0.25) is 9.78 Å². The van der Waals surface area contributed by atoms with E-state index in [1.807, 2.05) is 6.07 Å². The van der Waals surface area contributed by atoms with E-state index in [1.54, 1.807) is 30.5 Å². The average molecular weight is 274 g/mol. The Morgan fingerprint density at radius 1 is 1.30 bits per heavy atom. The van der Waals surface area contributed by atoms with Crippen LogP contribution in [0.5, 0.6) is 0 Å². The predicted molar refractivity (Wildman–Crippen MR) is 72.3 cm³/mol. The van der Waals surface area contributed by atoms with E-state index in [2.05, 4.69) is 10.3 Å². The van der Waals surface area contributed by atoms with Gasteiger partial charge in [-0.1, -0.05) is 6.07 Å². The number of carboxylic acid groups (broad SMARTS) is 1. The summed E-state index contributed by atoms with van der Waals surface area (Å²) in [6.45, 7) is -0.307. The standard InChI is InChI=1S/C14H14N2O4/c17-7-5-12(14(19)20)16-13(18)10-3-4-11-9(8-10)2-1-6-15-11/h1-4,6,8,12,17H,5,7H2,(H,16,18)(H,19,20)/t12-/m0/s1. The summed E-state index contributed by atoms with van der Waals surface area (Å²) in [6.07, 6.45) is 1.62. The quantitative estimate of drug-likeness (QED) is 0.749. The Morgan fingerprint density at radius 3 is 2.80 bits per heavy atom. The van der Waals surface area contributed by atoms with E-state index >= 15 is 0 Å². The van der Waals surface area contributed by atoms with Crippen molar-refractivity contribution in [2.45, 2.75) is 12.5 Å². The van der Waals surface area contributed by atoms with Gasteiger partial charge in [0.1, 0.15) is 6.04 Å². The van der Waals surface area contributed by atoms with Gasteiger partial charge in [0, 0.05) is 30.2 Å². The zero-order valence-electron chi connectivity index (χ0n) is 10.6. The van der Waals surface area contributed by atoms with Crippen LogP contribution in [0, 0.1) is 0 Å². The molecule has 0 unspecified atom stereocenters. The number of nitrogens with zero attached hydrogens (tertiary/aromatic N) is 1.